The van der Waals surface area contributed by atoms with Crippen molar-refractivity contribution in [3.8, 4) is 0 Å². The van der Waals surface area contributed by atoms with Crippen LogP contribution in [0.2, 0.25) is 0 Å². The summed E-state index contributed by atoms with van der Waals surface area (Å²) in [7, 11) is 0. The summed E-state index contributed by atoms with van der Waals surface area (Å²) in [4.78, 5) is 129. The fourth-order valence-electron chi connectivity index (χ4n) is 7.33. The summed E-state index contributed by atoms with van der Waals surface area (Å²) < 4.78 is 14.6. The Bertz CT molecular complexity index is 2470. The van der Waals surface area contributed by atoms with Gasteiger partial charge in [0.2, 0.25) is 11.9 Å². The quantitative estimate of drug-likeness (QED) is 0.0311. The van der Waals surface area contributed by atoms with E-state index in [2.05, 4.69) is 4.99 Å². The number of β-lactam (4-membered cyclic amide) rings is 1. The normalized spacial score (nSPS) is 20.3. The Balaban J connectivity index is 1.22. The molecule has 0 saturated carbocycles. The molecule has 0 aromatic heterocycles. The first-order valence-corrected chi connectivity index (χ1v) is 19.0. The number of nitrogens with one attached hydrogen (secondary N) is 2. The number of guanidine groups is 1. The minimum Gasteiger partial charge on any atom is -0.393 e. The van der Waals surface area contributed by atoms with Crippen LogP contribution in [0.15, 0.2) is 89.1 Å². The predicted molar refractivity (Wildman–Crippen MR) is 213 cm³/mol. The Hall–Kier alpha value is -8.36. The first kappa shape index (κ1) is 46.2. The van der Waals surface area contributed by atoms with Crippen molar-refractivity contribution in [3.05, 3.63) is 131 Å². The second kappa shape index (κ2) is 18.9. The molecule has 26 nitrogen and oxygen atoms in total. The Morgan fingerprint density at radius 1 is 0.723 bits per heavy atom. The zero-order valence-electron chi connectivity index (χ0n) is 33.6. The maximum atomic E-state index is 13.7. The van der Waals surface area contributed by atoms with Gasteiger partial charge in [-0.3, -0.25) is 50.7 Å². The molecule has 6 atom stereocenters. The highest BCUT2D eigenvalue weighted by molar-refractivity contribution is 6.08. The van der Waals surface area contributed by atoms with Crippen LogP contribution in [0.1, 0.15) is 44.9 Å². The number of likely N-dealkylation sites (tertiary alicyclic amines) is 1. The monoisotopic (exact) mass is 902 g/mol. The Kier molecular flexibility index (Phi) is 13.5. The molecule has 3 aromatic rings. The summed E-state index contributed by atoms with van der Waals surface area (Å²) in [5, 5.41) is 58.6. The molecule has 2 saturated heterocycles. The fourth-order valence-corrected chi connectivity index (χ4v) is 7.33. The van der Waals surface area contributed by atoms with Crippen molar-refractivity contribution in [1.29, 1.82) is 0 Å². The molecule has 6 rings (SSSR count). The number of nitro benzene ring substituents is 3. The predicted octanol–water partition coefficient (Wildman–Crippen LogP) is 1.74. The standard InChI is InChI=1S/C39H34N8O18/c1-18-26(31(44-30(18)29(19(2)48)32(44)50)36(54)63-33(51)20-3-9-23(10-4-20)45(57)58)15-43-16-27(28(49)17-43)40-37(41-38(55)64-34(52)21-5-11-24(12-6-21)46(59)60)42-39(56)65-35(53)22-7-13-25(14-8-22)47(61)62/h3-14,18-19,27-30,48-49H,15-17H2,1-2H3,(H2,40,41,42,55,56)/t18-,19+,27-,28-,29+,30+/m0/s1. The number of fused-ring (bicyclic) bond motifs is 1. The highest BCUT2D eigenvalue weighted by Gasteiger charge is 2.60. The number of esters is 4. The van der Waals surface area contributed by atoms with Gasteiger partial charge in [0.1, 0.15) is 5.70 Å². The molecular weight excluding hydrogens is 868 g/mol. The topological polar surface area (TPSA) is 360 Å². The molecule has 3 heterocycles. The smallest absolute Gasteiger partial charge is 0.393 e. The summed E-state index contributed by atoms with van der Waals surface area (Å²) in [5.74, 6) is -8.07. The second-order valence-corrected chi connectivity index (χ2v) is 14.6. The van der Waals surface area contributed by atoms with Crippen molar-refractivity contribution in [2.75, 3.05) is 19.6 Å². The molecule has 3 aliphatic rings. The van der Waals surface area contributed by atoms with Gasteiger partial charge in [-0.05, 0) is 48.9 Å². The van der Waals surface area contributed by atoms with Crippen LogP contribution in [-0.2, 0) is 23.8 Å². The zero-order valence-corrected chi connectivity index (χ0v) is 33.6. The van der Waals surface area contributed by atoms with E-state index < -0.39 is 98.8 Å². The van der Waals surface area contributed by atoms with Crippen molar-refractivity contribution in [2.45, 2.75) is 38.1 Å². The number of β-amino-alcohol motifs (C(OH)–C–C–N with tert-alkyl or cyclic N) is 1. The number of benzene rings is 3. The third kappa shape index (κ3) is 10.1. The summed E-state index contributed by atoms with van der Waals surface area (Å²) in [6.07, 6.45) is -5.68. The van der Waals surface area contributed by atoms with Crippen molar-refractivity contribution in [2.24, 2.45) is 16.8 Å². The van der Waals surface area contributed by atoms with Crippen LogP contribution in [0, 0.1) is 42.2 Å². The minimum atomic E-state index is -1.57. The number of carbonyl (C=O) groups excluding carboxylic acids is 7. The van der Waals surface area contributed by atoms with Crippen LogP contribution in [0.25, 0.3) is 0 Å². The van der Waals surface area contributed by atoms with Crippen LogP contribution in [0.4, 0.5) is 26.7 Å². The van der Waals surface area contributed by atoms with Crippen LogP contribution >= 0.6 is 0 Å². The Morgan fingerprint density at radius 2 is 1.14 bits per heavy atom. The van der Waals surface area contributed by atoms with Crippen LogP contribution < -0.4 is 10.6 Å². The lowest BCUT2D eigenvalue weighted by molar-refractivity contribution is -0.385. The molecule has 0 aliphatic carbocycles. The lowest BCUT2D eigenvalue weighted by Gasteiger charge is -2.46. The summed E-state index contributed by atoms with van der Waals surface area (Å²) >= 11 is 0. The largest absolute Gasteiger partial charge is 0.421 e. The molecule has 3 amide bonds. The molecule has 0 bridgehead atoms. The highest BCUT2D eigenvalue weighted by atomic mass is 16.6. The Labute approximate surface area is 363 Å². The van der Waals surface area contributed by atoms with E-state index in [4.69, 9.17) is 14.2 Å². The van der Waals surface area contributed by atoms with Crippen molar-refractivity contribution >= 4 is 65.0 Å². The van der Waals surface area contributed by atoms with Gasteiger partial charge in [0.15, 0.2) is 0 Å². The molecule has 2 fully saturated rings. The van der Waals surface area contributed by atoms with Crippen molar-refractivity contribution in [1.82, 2.24) is 20.4 Å². The lowest BCUT2D eigenvalue weighted by atomic mass is 9.77. The summed E-state index contributed by atoms with van der Waals surface area (Å²) in [5.41, 5.74) is -1.95. The van der Waals surface area contributed by atoms with E-state index in [1.54, 1.807) is 11.8 Å². The third-order valence-corrected chi connectivity index (χ3v) is 10.5. The Morgan fingerprint density at radius 3 is 1.54 bits per heavy atom. The van der Waals surface area contributed by atoms with Gasteiger partial charge < -0.3 is 29.3 Å². The van der Waals surface area contributed by atoms with Gasteiger partial charge in [-0.2, -0.15) is 0 Å². The lowest BCUT2D eigenvalue weighted by Crippen LogP contribution is -2.63. The van der Waals surface area contributed by atoms with Crippen LogP contribution in [0.3, 0.4) is 0 Å². The van der Waals surface area contributed by atoms with E-state index in [0.717, 1.165) is 77.7 Å². The van der Waals surface area contributed by atoms with Crippen molar-refractivity contribution in [3.63, 3.8) is 0 Å². The number of aliphatic imine (C=N–C) groups is 1. The molecule has 0 spiro atoms. The van der Waals surface area contributed by atoms with E-state index in [1.807, 2.05) is 10.6 Å². The van der Waals surface area contributed by atoms with Crippen LogP contribution in [-0.4, -0.2) is 127 Å². The van der Waals surface area contributed by atoms with Crippen LogP contribution in [0.5, 0.6) is 0 Å². The van der Waals surface area contributed by atoms with Gasteiger partial charge in [-0.15, -0.1) is 0 Å². The highest BCUT2D eigenvalue weighted by Crippen LogP contribution is 2.48. The van der Waals surface area contributed by atoms with E-state index in [0.29, 0.717) is 0 Å². The van der Waals surface area contributed by atoms with Gasteiger partial charge in [0, 0.05) is 62.0 Å². The molecular formula is C39H34N8O18. The molecule has 0 unspecified atom stereocenters. The molecule has 4 N–H and O–H groups in total. The zero-order chi connectivity index (χ0) is 47.4. The fraction of sp³-hybridized carbons (Fsp3) is 0.282. The number of aliphatic hydroxyl groups is 2. The average Bonchev–Trinajstić information content (AvgIpc) is 3.72. The molecule has 3 aromatic carbocycles. The number of hydrogen-bond acceptors (Lipinski definition) is 20. The van der Waals surface area contributed by atoms with E-state index in [1.165, 1.54) is 6.92 Å². The molecule has 0 radical (unpaired) electrons. The van der Waals surface area contributed by atoms with Gasteiger partial charge in [0.25, 0.3) is 17.1 Å². The van der Waals surface area contributed by atoms with Gasteiger partial charge in [0.05, 0.1) is 61.7 Å². The molecule has 26 heteroatoms. The van der Waals surface area contributed by atoms with Gasteiger partial charge in [-0.25, -0.2) is 33.8 Å². The molecule has 65 heavy (non-hydrogen) atoms. The number of alkyl carbamates (subject to hydrolysis) is 2. The number of non-ortho nitro benzene ring substituents is 3. The maximum absolute atomic E-state index is 13.7. The first-order chi connectivity index (χ1) is 30.7. The number of rotatable bonds is 11. The van der Waals surface area contributed by atoms with Crippen molar-refractivity contribution < 1.29 is 72.8 Å². The number of carbonyl (C=O) groups is 7. The second-order valence-electron chi connectivity index (χ2n) is 14.6. The number of aliphatic hydroxyl groups excluding tert-OH is 2. The SMILES string of the molecule is C[C@@H](O)[C@H]1C(=O)N2C(C(=O)OC(=O)c3ccc([N+](=O)[O-])cc3)=C(CN3C[C@H](N=C(NC(=O)OC(=O)c4ccc([N+](=O)[O-])cc4)NC(=O)OC(=O)c4ccc([N+](=O)[O-])cc4)[C@@H](O)C3)[C@H](C)[C@H]12. The van der Waals surface area contributed by atoms with Gasteiger partial charge >= 0.3 is 36.1 Å². The maximum Gasteiger partial charge on any atom is 0.421 e. The minimum absolute atomic E-state index is 0.180. The molecule has 3 aliphatic heterocycles. The number of amides is 3. The van der Waals surface area contributed by atoms with E-state index >= 15 is 0 Å². The number of ether oxygens (including phenoxy) is 3. The van der Waals surface area contributed by atoms with Gasteiger partial charge in [-0.1, -0.05) is 6.92 Å². The third-order valence-electron chi connectivity index (χ3n) is 10.5. The summed E-state index contributed by atoms with van der Waals surface area (Å²) in [6, 6.07) is 10.1. The van der Waals surface area contributed by atoms with E-state index in [-0.39, 0.29) is 64.7 Å². The first-order valence-electron chi connectivity index (χ1n) is 19.0. The molecule has 338 valence electrons. The number of hydrogen-bond donors (Lipinski definition) is 4. The average molecular weight is 903 g/mol. The summed E-state index contributed by atoms with van der Waals surface area (Å²) in [6.45, 7) is 2.46. The number of nitrogens with zero attached hydrogens (tertiary/aromatic N) is 6. The number of nitro groups is 3. The van der Waals surface area contributed by atoms with E-state index in [9.17, 15) is 74.1 Å².